The molecular weight excluding hydrogens is 381 g/mol. The van der Waals surface area contributed by atoms with E-state index in [0.717, 1.165) is 16.2 Å². The van der Waals surface area contributed by atoms with Crippen molar-refractivity contribution in [2.45, 2.75) is 25.3 Å². The SMILES string of the molecule is O=C(NC1CCCC1CBr)c1cccc(Br)c1Cl. The van der Waals surface area contributed by atoms with Crippen molar-refractivity contribution in [1.29, 1.82) is 0 Å². The summed E-state index contributed by atoms with van der Waals surface area (Å²) in [7, 11) is 0. The molecule has 0 heterocycles. The van der Waals surface area contributed by atoms with Gasteiger partial charge in [-0.25, -0.2) is 0 Å². The first-order chi connectivity index (χ1) is 8.63. The van der Waals surface area contributed by atoms with Gasteiger partial charge in [0.15, 0.2) is 0 Å². The van der Waals surface area contributed by atoms with Crippen LogP contribution in [0, 0.1) is 5.92 Å². The second-order valence-electron chi connectivity index (χ2n) is 4.53. The summed E-state index contributed by atoms with van der Waals surface area (Å²) < 4.78 is 0.750. The lowest BCUT2D eigenvalue weighted by atomic mass is 10.1. The Balaban J connectivity index is 2.10. The normalized spacial score (nSPS) is 23.1. The number of nitrogens with one attached hydrogen (secondary N) is 1. The number of hydrogen-bond acceptors (Lipinski definition) is 1. The third kappa shape index (κ3) is 3.09. The molecule has 1 saturated carbocycles. The first kappa shape index (κ1) is 14.4. The Hall–Kier alpha value is -0.0600. The summed E-state index contributed by atoms with van der Waals surface area (Å²) in [6.07, 6.45) is 3.39. The third-order valence-electron chi connectivity index (χ3n) is 3.37. The van der Waals surface area contributed by atoms with Gasteiger partial charge in [-0.2, -0.15) is 0 Å². The van der Waals surface area contributed by atoms with Crippen LogP contribution in [0.3, 0.4) is 0 Å². The molecule has 1 amide bonds. The molecule has 18 heavy (non-hydrogen) atoms. The molecule has 0 saturated heterocycles. The maximum Gasteiger partial charge on any atom is 0.253 e. The van der Waals surface area contributed by atoms with Crippen molar-refractivity contribution in [1.82, 2.24) is 5.32 Å². The number of hydrogen-bond donors (Lipinski definition) is 1. The molecule has 5 heteroatoms. The number of benzene rings is 1. The van der Waals surface area contributed by atoms with Crippen LogP contribution in [0.5, 0.6) is 0 Å². The van der Waals surface area contributed by atoms with Crippen LogP contribution in [-0.2, 0) is 0 Å². The van der Waals surface area contributed by atoms with E-state index in [4.69, 9.17) is 11.6 Å². The highest BCUT2D eigenvalue weighted by atomic mass is 79.9. The van der Waals surface area contributed by atoms with E-state index in [1.54, 1.807) is 6.07 Å². The Morgan fingerprint density at radius 1 is 1.44 bits per heavy atom. The first-order valence-electron chi connectivity index (χ1n) is 5.94. The summed E-state index contributed by atoms with van der Waals surface area (Å²) in [5.74, 6) is 0.444. The van der Waals surface area contributed by atoms with Crippen molar-refractivity contribution in [3.8, 4) is 0 Å². The molecule has 1 aliphatic carbocycles. The van der Waals surface area contributed by atoms with E-state index in [-0.39, 0.29) is 11.9 Å². The lowest BCUT2D eigenvalue weighted by Gasteiger charge is -2.19. The lowest BCUT2D eigenvalue weighted by Crippen LogP contribution is -2.38. The first-order valence-corrected chi connectivity index (χ1v) is 8.23. The molecule has 2 atom stereocenters. The predicted molar refractivity (Wildman–Crippen MR) is 81.5 cm³/mol. The van der Waals surface area contributed by atoms with Crippen LogP contribution in [-0.4, -0.2) is 17.3 Å². The van der Waals surface area contributed by atoms with Gasteiger partial charge in [-0.3, -0.25) is 4.79 Å². The Bertz CT molecular complexity index is 453. The van der Waals surface area contributed by atoms with E-state index in [0.29, 0.717) is 16.5 Å². The lowest BCUT2D eigenvalue weighted by molar-refractivity contribution is 0.0930. The average molecular weight is 396 g/mol. The molecule has 2 unspecified atom stereocenters. The van der Waals surface area contributed by atoms with E-state index < -0.39 is 0 Å². The van der Waals surface area contributed by atoms with Gasteiger partial charge in [0.1, 0.15) is 0 Å². The van der Waals surface area contributed by atoms with E-state index >= 15 is 0 Å². The molecule has 2 nitrogen and oxygen atoms in total. The van der Waals surface area contributed by atoms with Gasteiger partial charge in [0, 0.05) is 15.8 Å². The number of halogens is 3. The molecule has 0 aromatic heterocycles. The Morgan fingerprint density at radius 2 is 2.22 bits per heavy atom. The fourth-order valence-electron chi connectivity index (χ4n) is 2.34. The second kappa shape index (κ2) is 6.40. The molecule has 1 N–H and O–H groups in total. The summed E-state index contributed by atoms with van der Waals surface area (Å²) in [6.45, 7) is 0. The molecule has 98 valence electrons. The fraction of sp³-hybridized carbons (Fsp3) is 0.462. The van der Waals surface area contributed by atoms with Crippen molar-refractivity contribution in [3.63, 3.8) is 0 Å². The number of rotatable bonds is 3. The van der Waals surface area contributed by atoms with Gasteiger partial charge in [-0.15, -0.1) is 0 Å². The van der Waals surface area contributed by atoms with Gasteiger partial charge in [0.25, 0.3) is 5.91 Å². The monoisotopic (exact) mass is 393 g/mol. The van der Waals surface area contributed by atoms with Crippen LogP contribution < -0.4 is 5.32 Å². The minimum Gasteiger partial charge on any atom is -0.349 e. The molecule has 1 aliphatic rings. The Morgan fingerprint density at radius 3 is 2.94 bits per heavy atom. The van der Waals surface area contributed by atoms with Crippen molar-refractivity contribution in [3.05, 3.63) is 33.3 Å². The molecule has 1 aromatic rings. The number of amides is 1. The van der Waals surface area contributed by atoms with Crippen molar-refractivity contribution >= 4 is 49.4 Å². The highest BCUT2D eigenvalue weighted by Crippen LogP contribution is 2.29. The zero-order valence-corrected chi connectivity index (χ0v) is 13.7. The standard InChI is InChI=1S/C13H14Br2ClNO/c14-7-8-3-1-6-11(8)17-13(18)9-4-2-5-10(15)12(9)16/h2,4-5,8,11H,1,3,6-7H2,(H,17,18). The van der Waals surface area contributed by atoms with E-state index in [1.165, 1.54) is 12.8 Å². The number of alkyl halides is 1. The minimum atomic E-state index is -0.0841. The summed E-state index contributed by atoms with van der Waals surface area (Å²) in [6, 6.07) is 5.66. The van der Waals surface area contributed by atoms with Crippen LogP contribution in [0.25, 0.3) is 0 Å². The zero-order chi connectivity index (χ0) is 13.1. The van der Waals surface area contributed by atoms with Gasteiger partial charge in [-0.05, 0) is 46.8 Å². The summed E-state index contributed by atoms with van der Waals surface area (Å²) >= 11 is 13.0. The van der Waals surface area contributed by atoms with Crippen molar-refractivity contribution in [2.24, 2.45) is 5.92 Å². The maximum atomic E-state index is 12.2. The molecule has 0 bridgehead atoms. The van der Waals surface area contributed by atoms with Crippen molar-refractivity contribution < 1.29 is 4.79 Å². The smallest absolute Gasteiger partial charge is 0.253 e. The summed E-state index contributed by atoms with van der Waals surface area (Å²) in [5.41, 5.74) is 0.534. The molecule has 0 aliphatic heterocycles. The van der Waals surface area contributed by atoms with E-state index in [1.807, 2.05) is 12.1 Å². The quantitative estimate of drug-likeness (QED) is 0.756. The highest BCUT2D eigenvalue weighted by molar-refractivity contribution is 9.10. The molecular formula is C13H14Br2ClNO. The van der Waals surface area contributed by atoms with Gasteiger partial charge in [-0.1, -0.05) is 40.0 Å². The summed E-state index contributed by atoms with van der Waals surface area (Å²) in [4.78, 5) is 12.2. The highest BCUT2D eigenvalue weighted by Gasteiger charge is 2.28. The Kier molecular flexibility index (Phi) is 5.10. The van der Waals surface area contributed by atoms with Gasteiger partial charge >= 0.3 is 0 Å². The van der Waals surface area contributed by atoms with Crippen LogP contribution in [0.2, 0.25) is 5.02 Å². The molecule has 2 rings (SSSR count). The molecule has 0 spiro atoms. The van der Waals surface area contributed by atoms with Gasteiger partial charge < -0.3 is 5.32 Å². The zero-order valence-electron chi connectivity index (χ0n) is 9.76. The van der Waals surface area contributed by atoms with Crippen LogP contribution in [0.1, 0.15) is 29.6 Å². The topological polar surface area (TPSA) is 29.1 Å². The number of carbonyl (C=O) groups excluding carboxylic acids is 1. The average Bonchev–Trinajstić information content (AvgIpc) is 2.79. The fourth-order valence-corrected chi connectivity index (χ4v) is 3.69. The molecule has 0 radical (unpaired) electrons. The van der Waals surface area contributed by atoms with Crippen LogP contribution in [0.4, 0.5) is 0 Å². The van der Waals surface area contributed by atoms with E-state index in [9.17, 15) is 4.79 Å². The summed E-state index contributed by atoms with van der Waals surface area (Å²) in [5, 5.41) is 4.50. The molecule has 1 fully saturated rings. The second-order valence-corrected chi connectivity index (χ2v) is 6.41. The van der Waals surface area contributed by atoms with Crippen LogP contribution in [0.15, 0.2) is 22.7 Å². The third-order valence-corrected chi connectivity index (χ3v) is 5.50. The molecule has 1 aromatic carbocycles. The van der Waals surface area contributed by atoms with Gasteiger partial charge in [0.2, 0.25) is 0 Å². The van der Waals surface area contributed by atoms with Gasteiger partial charge in [0.05, 0.1) is 10.6 Å². The predicted octanol–water partition coefficient (Wildman–Crippen LogP) is 4.40. The number of carbonyl (C=O) groups is 1. The largest absolute Gasteiger partial charge is 0.349 e. The maximum absolute atomic E-state index is 12.2. The Labute approximate surface area is 129 Å². The van der Waals surface area contributed by atoms with Crippen molar-refractivity contribution in [2.75, 3.05) is 5.33 Å². The van der Waals surface area contributed by atoms with E-state index in [2.05, 4.69) is 37.2 Å². The minimum absolute atomic E-state index is 0.0841. The van der Waals surface area contributed by atoms with Crippen LogP contribution >= 0.6 is 43.5 Å².